The number of sulfonamides is 1. The van der Waals surface area contributed by atoms with Crippen LogP contribution in [0.25, 0.3) is 0 Å². The zero-order valence-corrected chi connectivity index (χ0v) is 18.1. The van der Waals surface area contributed by atoms with Gasteiger partial charge in [-0.05, 0) is 55.2 Å². The Morgan fingerprint density at radius 2 is 1.54 bits per heavy atom. The van der Waals surface area contributed by atoms with Crippen LogP contribution in [-0.2, 0) is 14.8 Å². The molecule has 2 aromatic rings. The number of carbonyl (C=O) groups is 1. The Hall–Kier alpha value is -2.38. The quantitative estimate of drug-likeness (QED) is 0.737. The molecule has 7 heteroatoms. The first kappa shape index (κ1) is 21.9. The Kier molecular flexibility index (Phi) is 6.85. The van der Waals surface area contributed by atoms with Gasteiger partial charge in [-0.2, -0.15) is 0 Å². The third-order valence-corrected chi connectivity index (χ3v) is 6.53. The van der Waals surface area contributed by atoms with Crippen molar-refractivity contribution in [1.29, 1.82) is 0 Å². The second-order valence-corrected chi connectivity index (χ2v) is 9.52. The normalized spacial score (nSPS) is 12.9. The van der Waals surface area contributed by atoms with Crippen molar-refractivity contribution in [1.82, 2.24) is 4.31 Å². The Morgan fingerprint density at radius 1 is 0.964 bits per heavy atom. The number of hydrogen-bond acceptors (Lipinski definition) is 4. The molecule has 0 aliphatic rings. The lowest BCUT2D eigenvalue weighted by Crippen LogP contribution is -2.32. The summed E-state index contributed by atoms with van der Waals surface area (Å²) < 4.78 is 26.1. The number of carbonyl (C=O) groups excluding carboxylic acids is 1. The first-order valence-electron chi connectivity index (χ1n) is 9.23. The molecule has 0 heterocycles. The molecule has 0 spiro atoms. The molecule has 0 radical (unpaired) electrons. The topological polar surface area (TPSA) is 78.5 Å². The Balaban J connectivity index is 2.11. The second-order valence-electron chi connectivity index (χ2n) is 7.40. The van der Waals surface area contributed by atoms with Gasteiger partial charge in [-0.25, -0.2) is 12.7 Å². The fourth-order valence-electron chi connectivity index (χ4n) is 2.68. The van der Waals surface area contributed by atoms with Crippen LogP contribution in [0.4, 0.5) is 11.4 Å². The van der Waals surface area contributed by atoms with E-state index in [4.69, 9.17) is 0 Å². The summed E-state index contributed by atoms with van der Waals surface area (Å²) in [6.45, 7) is 7.72. The van der Waals surface area contributed by atoms with Crippen LogP contribution in [0.15, 0.2) is 47.4 Å². The van der Waals surface area contributed by atoms with Gasteiger partial charge in [-0.3, -0.25) is 4.79 Å². The minimum Gasteiger partial charge on any atom is -0.374 e. The fraction of sp³-hybridized carbons (Fsp3) is 0.381. The van der Waals surface area contributed by atoms with Crippen LogP contribution < -0.4 is 10.6 Å². The summed E-state index contributed by atoms with van der Waals surface area (Å²) in [5.74, 6) is 0.231. The van der Waals surface area contributed by atoms with Gasteiger partial charge in [0.15, 0.2) is 0 Å². The molecule has 2 rings (SSSR count). The molecule has 2 N–H and O–H groups in total. The van der Waals surface area contributed by atoms with Crippen LogP contribution in [0, 0.1) is 6.92 Å². The van der Waals surface area contributed by atoms with Crippen molar-refractivity contribution in [2.45, 2.75) is 44.6 Å². The molecule has 0 aliphatic heterocycles. The third-order valence-electron chi connectivity index (χ3n) is 4.57. The van der Waals surface area contributed by atoms with Crippen LogP contribution >= 0.6 is 0 Å². The maximum Gasteiger partial charge on any atom is 0.246 e. The third kappa shape index (κ3) is 5.11. The summed E-state index contributed by atoms with van der Waals surface area (Å²) in [5.41, 5.74) is 3.16. The number of anilines is 2. The average Bonchev–Trinajstić information content (AvgIpc) is 2.63. The minimum absolute atomic E-state index is 0.199. The monoisotopic (exact) mass is 403 g/mol. The van der Waals surface area contributed by atoms with E-state index in [0.29, 0.717) is 17.2 Å². The van der Waals surface area contributed by atoms with Gasteiger partial charge in [0.25, 0.3) is 0 Å². The smallest absolute Gasteiger partial charge is 0.246 e. The number of hydrogen-bond donors (Lipinski definition) is 2. The first-order chi connectivity index (χ1) is 13.0. The summed E-state index contributed by atoms with van der Waals surface area (Å²) in [6.07, 6.45) is 0. The highest BCUT2D eigenvalue weighted by Crippen LogP contribution is 2.23. The highest BCUT2D eigenvalue weighted by atomic mass is 32.2. The van der Waals surface area contributed by atoms with E-state index in [1.807, 2.05) is 24.3 Å². The Morgan fingerprint density at radius 3 is 2.07 bits per heavy atom. The first-order valence-corrected chi connectivity index (χ1v) is 10.7. The molecular weight excluding hydrogens is 374 g/mol. The molecule has 152 valence electrons. The van der Waals surface area contributed by atoms with E-state index in [0.717, 1.165) is 5.69 Å². The molecule has 0 saturated heterocycles. The number of amides is 1. The van der Waals surface area contributed by atoms with Crippen molar-refractivity contribution >= 4 is 27.3 Å². The predicted octanol–water partition coefficient (Wildman–Crippen LogP) is 3.81. The number of benzene rings is 2. The van der Waals surface area contributed by atoms with E-state index in [-0.39, 0.29) is 10.8 Å². The average molecular weight is 404 g/mol. The summed E-state index contributed by atoms with van der Waals surface area (Å²) in [4.78, 5) is 12.7. The molecule has 6 nitrogen and oxygen atoms in total. The lowest BCUT2D eigenvalue weighted by Gasteiger charge is -2.18. The molecule has 0 fully saturated rings. The van der Waals surface area contributed by atoms with Gasteiger partial charge in [0.2, 0.25) is 15.9 Å². The molecule has 0 unspecified atom stereocenters. The van der Waals surface area contributed by atoms with Gasteiger partial charge in [-0.15, -0.1) is 0 Å². The lowest BCUT2D eigenvalue weighted by molar-refractivity contribution is -0.116. The van der Waals surface area contributed by atoms with Gasteiger partial charge < -0.3 is 10.6 Å². The zero-order valence-electron chi connectivity index (χ0n) is 17.3. The van der Waals surface area contributed by atoms with Gasteiger partial charge in [0.05, 0.1) is 4.90 Å². The summed E-state index contributed by atoms with van der Waals surface area (Å²) in [7, 11) is -0.562. The summed E-state index contributed by atoms with van der Waals surface area (Å²) in [5, 5.41) is 5.95. The highest BCUT2D eigenvalue weighted by molar-refractivity contribution is 7.89. The predicted molar refractivity (Wildman–Crippen MR) is 114 cm³/mol. The SMILES string of the molecule is Cc1ccc(N[C@H](C)C(=O)Nc2ccc(C(C)C)cc2)cc1S(=O)(=O)N(C)C. The van der Waals surface area contributed by atoms with Crippen LogP contribution in [0.5, 0.6) is 0 Å². The fourth-order valence-corrected chi connectivity index (χ4v) is 3.83. The van der Waals surface area contributed by atoms with Crippen molar-refractivity contribution in [3.8, 4) is 0 Å². The Bertz CT molecular complexity index is 936. The van der Waals surface area contributed by atoms with Crippen molar-refractivity contribution < 1.29 is 13.2 Å². The summed E-state index contributed by atoms with van der Waals surface area (Å²) >= 11 is 0. The largest absolute Gasteiger partial charge is 0.374 e. The molecular formula is C21H29N3O3S. The Labute approximate surface area is 168 Å². The molecule has 1 amide bonds. The molecule has 0 aliphatic carbocycles. The van der Waals surface area contributed by atoms with Gasteiger partial charge in [0.1, 0.15) is 6.04 Å². The second kappa shape index (κ2) is 8.75. The number of nitrogens with one attached hydrogen (secondary N) is 2. The van der Waals surface area contributed by atoms with E-state index < -0.39 is 16.1 Å². The van der Waals surface area contributed by atoms with Gasteiger partial charge in [0, 0.05) is 25.5 Å². The summed E-state index contributed by atoms with van der Waals surface area (Å²) in [6, 6.07) is 12.3. The standard InChI is InChI=1S/C21H29N3O3S/c1-14(2)17-8-11-18(12-9-17)23-21(25)16(4)22-19-10-7-15(3)20(13-19)28(26,27)24(5)6/h7-14,16,22H,1-6H3,(H,23,25)/t16-/m1/s1. The van der Waals surface area contributed by atoms with Crippen molar-refractivity contribution in [2.75, 3.05) is 24.7 Å². The van der Waals surface area contributed by atoms with Crippen molar-refractivity contribution in [3.63, 3.8) is 0 Å². The highest BCUT2D eigenvalue weighted by Gasteiger charge is 2.21. The van der Waals surface area contributed by atoms with E-state index in [1.54, 1.807) is 32.0 Å². The van der Waals surface area contributed by atoms with Crippen LogP contribution in [0.2, 0.25) is 0 Å². The van der Waals surface area contributed by atoms with Crippen LogP contribution in [0.1, 0.15) is 37.8 Å². The number of rotatable bonds is 7. The molecule has 0 saturated carbocycles. The molecule has 1 atom stereocenters. The molecule has 28 heavy (non-hydrogen) atoms. The van der Waals surface area contributed by atoms with Crippen LogP contribution in [0.3, 0.4) is 0 Å². The maximum atomic E-state index is 12.5. The zero-order chi connectivity index (χ0) is 21.1. The number of nitrogens with zero attached hydrogens (tertiary/aromatic N) is 1. The van der Waals surface area contributed by atoms with Gasteiger partial charge in [-0.1, -0.05) is 32.0 Å². The van der Waals surface area contributed by atoms with Gasteiger partial charge >= 0.3 is 0 Å². The van der Waals surface area contributed by atoms with Crippen LogP contribution in [-0.4, -0.2) is 38.8 Å². The maximum absolute atomic E-state index is 12.5. The number of aryl methyl sites for hydroxylation is 1. The molecule has 0 aromatic heterocycles. The van der Waals surface area contributed by atoms with E-state index in [2.05, 4.69) is 24.5 Å². The van der Waals surface area contributed by atoms with E-state index >= 15 is 0 Å². The lowest BCUT2D eigenvalue weighted by atomic mass is 10.0. The molecule has 2 aromatic carbocycles. The van der Waals surface area contributed by atoms with Crippen molar-refractivity contribution in [2.24, 2.45) is 0 Å². The van der Waals surface area contributed by atoms with E-state index in [9.17, 15) is 13.2 Å². The van der Waals surface area contributed by atoms with Crippen molar-refractivity contribution in [3.05, 3.63) is 53.6 Å². The minimum atomic E-state index is -3.55. The van der Waals surface area contributed by atoms with E-state index in [1.165, 1.54) is 24.0 Å². The molecule has 0 bridgehead atoms.